The molecule has 0 radical (unpaired) electrons. The molecule has 0 bridgehead atoms. The molecule has 1 unspecified atom stereocenters. The molecular formula is C11H19N. The van der Waals surface area contributed by atoms with E-state index in [2.05, 4.69) is 11.2 Å². The third-order valence-electron chi connectivity index (χ3n) is 2.84. The van der Waals surface area contributed by atoms with Crippen molar-refractivity contribution in [3.63, 3.8) is 0 Å². The molecule has 0 aromatic carbocycles. The topological polar surface area (TPSA) is 12.0 Å². The van der Waals surface area contributed by atoms with E-state index in [0.717, 1.165) is 5.92 Å². The minimum Gasteiger partial charge on any atom is -0.307 e. The fourth-order valence-corrected chi connectivity index (χ4v) is 2.03. The van der Waals surface area contributed by atoms with Gasteiger partial charge in [0.2, 0.25) is 0 Å². The smallest absolute Gasteiger partial charge is 0.0687 e. The molecule has 1 saturated carbocycles. The van der Waals surface area contributed by atoms with Crippen molar-refractivity contribution in [2.24, 2.45) is 5.92 Å². The van der Waals surface area contributed by atoms with Gasteiger partial charge in [-0.1, -0.05) is 38.0 Å². The molecule has 0 aliphatic heterocycles. The molecule has 1 aliphatic rings. The van der Waals surface area contributed by atoms with Crippen LogP contribution in [0.25, 0.3) is 0 Å². The monoisotopic (exact) mass is 165 g/mol. The molecule has 1 heteroatoms. The van der Waals surface area contributed by atoms with Gasteiger partial charge in [0.15, 0.2) is 0 Å². The van der Waals surface area contributed by atoms with Crippen molar-refractivity contribution in [3.8, 4) is 12.3 Å². The first-order valence-corrected chi connectivity index (χ1v) is 5.00. The highest BCUT2D eigenvalue weighted by Gasteiger charge is 2.16. The second-order valence-electron chi connectivity index (χ2n) is 3.75. The van der Waals surface area contributed by atoms with Crippen molar-refractivity contribution in [2.75, 3.05) is 7.05 Å². The lowest BCUT2D eigenvalue weighted by Crippen LogP contribution is -2.26. The Morgan fingerprint density at radius 1 is 1.42 bits per heavy atom. The minimum absolute atomic E-state index is 0.299. The number of rotatable bonds is 3. The molecule has 0 amide bonds. The number of terminal acetylenes is 1. The van der Waals surface area contributed by atoms with Crippen LogP contribution in [-0.2, 0) is 0 Å². The quantitative estimate of drug-likeness (QED) is 0.632. The van der Waals surface area contributed by atoms with Gasteiger partial charge in [-0.25, -0.2) is 0 Å². The van der Waals surface area contributed by atoms with Gasteiger partial charge in [-0.3, -0.25) is 0 Å². The Morgan fingerprint density at radius 2 is 2.08 bits per heavy atom. The Bertz CT molecular complexity index is 151. The Kier molecular flexibility index (Phi) is 4.18. The first kappa shape index (κ1) is 9.61. The normalized spacial score (nSPS) is 21.7. The van der Waals surface area contributed by atoms with Crippen LogP contribution in [0, 0.1) is 18.3 Å². The maximum atomic E-state index is 5.39. The summed E-state index contributed by atoms with van der Waals surface area (Å²) in [5.74, 6) is 3.67. The first-order valence-electron chi connectivity index (χ1n) is 5.00. The van der Waals surface area contributed by atoms with E-state index in [-0.39, 0.29) is 0 Å². The molecule has 0 aromatic heterocycles. The largest absolute Gasteiger partial charge is 0.307 e. The van der Waals surface area contributed by atoms with Crippen molar-refractivity contribution in [2.45, 2.75) is 44.6 Å². The number of hydrogen-bond donors (Lipinski definition) is 1. The molecule has 1 nitrogen and oxygen atoms in total. The molecule has 1 rings (SSSR count). The molecule has 1 fully saturated rings. The molecule has 1 N–H and O–H groups in total. The molecular weight excluding hydrogens is 146 g/mol. The highest BCUT2D eigenvalue weighted by molar-refractivity contribution is 4.98. The summed E-state index contributed by atoms with van der Waals surface area (Å²) in [6.45, 7) is 0. The molecule has 68 valence electrons. The molecule has 12 heavy (non-hydrogen) atoms. The van der Waals surface area contributed by atoms with Crippen LogP contribution in [0.5, 0.6) is 0 Å². The molecule has 0 aromatic rings. The summed E-state index contributed by atoms with van der Waals surface area (Å²) in [6.07, 6.45) is 13.6. The maximum Gasteiger partial charge on any atom is 0.0687 e. The average molecular weight is 165 g/mol. The molecule has 0 heterocycles. The van der Waals surface area contributed by atoms with Crippen LogP contribution in [0.1, 0.15) is 38.5 Å². The second kappa shape index (κ2) is 5.22. The van der Waals surface area contributed by atoms with Crippen LogP contribution in [0.15, 0.2) is 0 Å². The predicted octanol–water partition coefficient (Wildman–Crippen LogP) is 2.18. The standard InChI is InChI=1S/C11H19N/c1-3-11(12-2)9-10-7-5-4-6-8-10/h1,10-12H,4-9H2,2H3. The number of hydrogen-bond acceptors (Lipinski definition) is 1. The van der Waals surface area contributed by atoms with Gasteiger partial charge in [0.25, 0.3) is 0 Å². The van der Waals surface area contributed by atoms with E-state index in [1.807, 2.05) is 7.05 Å². The fourth-order valence-electron chi connectivity index (χ4n) is 2.03. The fraction of sp³-hybridized carbons (Fsp3) is 0.818. The van der Waals surface area contributed by atoms with Crippen molar-refractivity contribution in [1.82, 2.24) is 5.32 Å². The lowest BCUT2D eigenvalue weighted by Gasteiger charge is -2.23. The van der Waals surface area contributed by atoms with Gasteiger partial charge in [0.1, 0.15) is 0 Å². The maximum absolute atomic E-state index is 5.39. The van der Waals surface area contributed by atoms with Gasteiger partial charge < -0.3 is 5.32 Å². The minimum atomic E-state index is 0.299. The van der Waals surface area contributed by atoms with Gasteiger partial charge in [-0.05, 0) is 19.4 Å². The lowest BCUT2D eigenvalue weighted by molar-refractivity contribution is 0.322. The van der Waals surface area contributed by atoms with Crippen molar-refractivity contribution in [1.29, 1.82) is 0 Å². The van der Waals surface area contributed by atoms with E-state index in [1.165, 1.54) is 38.5 Å². The summed E-state index contributed by atoms with van der Waals surface area (Å²) >= 11 is 0. The van der Waals surface area contributed by atoms with Crippen LogP contribution in [0.2, 0.25) is 0 Å². The summed E-state index contributed by atoms with van der Waals surface area (Å²) in [7, 11) is 1.95. The number of nitrogens with one attached hydrogen (secondary N) is 1. The zero-order valence-electron chi connectivity index (χ0n) is 7.97. The second-order valence-corrected chi connectivity index (χ2v) is 3.75. The first-order chi connectivity index (χ1) is 5.86. The van der Waals surface area contributed by atoms with Gasteiger partial charge in [-0.2, -0.15) is 0 Å². The van der Waals surface area contributed by atoms with E-state index in [1.54, 1.807) is 0 Å². The van der Waals surface area contributed by atoms with E-state index in [9.17, 15) is 0 Å². The average Bonchev–Trinajstić information content (AvgIpc) is 2.16. The molecule has 0 saturated heterocycles. The highest BCUT2D eigenvalue weighted by Crippen LogP contribution is 2.26. The summed E-state index contributed by atoms with van der Waals surface area (Å²) < 4.78 is 0. The van der Waals surface area contributed by atoms with E-state index in [4.69, 9.17) is 6.42 Å². The van der Waals surface area contributed by atoms with E-state index < -0.39 is 0 Å². The lowest BCUT2D eigenvalue weighted by atomic mass is 9.85. The summed E-state index contributed by atoms with van der Waals surface area (Å²) in [5.41, 5.74) is 0. The van der Waals surface area contributed by atoms with Gasteiger partial charge in [0.05, 0.1) is 6.04 Å². The van der Waals surface area contributed by atoms with Crippen molar-refractivity contribution < 1.29 is 0 Å². The molecule has 1 aliphatic carbocycles. The third kappa shape index (κ3) is 2.87. The molecule has 1 atom stereocenters. The van der Waals surface area contributed by atoms with Gasteiger partial charge in [-0.15, -0.1) is 6.42 Å². The van der Waals surface area contributed by atoms with Gasteiger partial charge >= 0.3 is 0 Å². The van der Waals surface area contributed by atoms with E-state index >= 15 is 0 Å². The Hall–Kier alpha value is -0.480. The van der Waals surface area contributed by atoms with Crippen LogP contribution in [0.4, 0.5) is 0 Å². The predicted molar refractivity (Wildman–Crippen MR) is 52.9 cm³/mol. The third-order valence-corrected chi connectivity index (χ3v) is 2.84. The van der Waals surface area contributed by atoms with Crippen LogP contribution >= 0.6 is 0 Å². The SMILES string of the molecule is C#CC(CC1CCCCC1)NC. The van der Waals surface area contributed by atoms with Crippen molar-refractivity contribution in [3.05, 3.63) is 0 Å². The van der Waals surface area contributed by atoms with Crippen molar-refractivity contribution >= 4 is 0 Å². The van der Waals surface area contributed by atoms with Crippen LogP contribution in [0.3, 0.4) is 0 Å². The van der Waals surface area contributed by atoms with Gasteiger partial charge in [0, 0.05) is 0 Å². The zero-order valence-corrected chi connectivity index (χ0v) is 7.97. The Balaban J connectivity index is 2.24. The highest BCUT2D eigenvalue weighted by atomic mass is 14.9. The Labute approximate surface area is 75.9 Å². The molecule has 0 spiro atoms. The zero-order chi connectivity index (χ0) is 8.81. The van der Waals surface area contributed by atoms with Crippen LogP contribution in [-0.4, -0.2) is 13.1 Å². The Morgan fingerprint density at radius 3 is 2.58 bits per heavy atom. The summed E-state index contributed by atoms with van der Waals surface area (Å²) in [5, 5.41) is 3.16. The summed E-state index contributed by atoms with van der Waals surface area (Å²) in [6, 6.07) is 0.299. The van der Waals surface area contributed by atoms with E-state index in [0.29, 0.717) is 6.04 Å². The van der Waals surface area contributed by atoms with Crippen LogP contribution < -0.4 is 5.32 Å². The summed E-state index contributed by atoms with van der Waals surface area (Å²) in [4.78, 5) is 0.